The van der Waals surface area contributed by atoms with Crippen LogP contribution in [0.4, 0.5) is 0 Å². The van der Waals surface area contributed by atoms with Crippen LogP contribution in [0.1, 0.15) is 30.6 Å². The molecular weight excluding hydrogens is 262 g/mol. The summed E-state index contributed by atoms with van der Waals surface area (Å²) >= 11 is 0. The fourth-order valence-electron chi connectivity index (χ4n) is 1.65. The first-order valence-corrected chi connectivity index (χ1v) is 6.20. The number of carbonyl (C=O) groups excluding carboxylic acids is 2. The number of carboxylic acid groups (broad SMARTS) is 1. The van der Waals surface area contributed by atoms with Crippen LogP contribution in [0, 0.1) is 0 Å². The highest BCUT2D eigenvalue weighted by molar-refractivity contribution is 5.99. The minimum Gasteiger partial charge on any atom is -0.494 e. The first-order valence-electron chi connectivity index (χ1n) is 6.20. The number of carbonyl (C=O) groups is 3. The Kier molecular flexibility index (Phi) is 5.71. The third-order valence-corrected chi connectivity index (χ3v) is 2.55. The van der Waals surface area contributed by atoms with Crippen molar-refractivity contribution in [2.24, 2.45) is 0 Å². The van der Waals surface area contributed by atoms with Gasteiger partial charge in [-0.3, -0.25) is 9.59 Å². The summed E-state index contributed by atoms with van der Waals surface area (Å²) in [6.45, 7) is 3.58. The molecule has 1 amide bonds. The molecule has 0 radical (unpaired) electrons. The van der Waals surface area contributed by atoms with Crippen LogP contribution >= 0.6 is 0 Å². The van der Waals surface area contributed by atoms with Gasteiger partial charge in [-0.25, -0.2) is 4.79 Å². The molecule has 1 unspecified atom stereocenters. The first-order chi connectivity index (χ1) is 9.43. The number of ketones is 1. The smallest absolute Gasteiger partial charge is 0.326 e. The lowest BCUT2D eigenvalue weighted by Crippen LogP contribution is -2.41. The monoisotopic (exact) mass is 279 g/mol. The minimum absolute atomic E-state index is 0.289. The molecule has 0 saturated heterocycles. The van der Waals surface area contributed by atoms with Gasteiger partial charge in [0.25, 0.3) is 0 Å². The molecule has 0 aliphatic rings. The lowest BCUT2D eigenvalue weighted by molar-refractivity contribution is -0.141. The third-order valence-electron chi connectivity index (χ3n) is 2.55. The third kappa shape index (κ3) is 4.72. The minimum atomic E-state index is -1.24. The predicted octanol–water partition coefficient (Wildman–Crippen LogP) is 1.25. The van der Waals surface area contributed by atoms with Crippen molar-refractivity contribution in [1.82, 2.24) is 5.32 Å². The maximum atomic E-state index is 12.0. The quantitative estimate of drug-likeness (QED) is 0.733. The van der Waals surface area contributed by atoms with Gasteiger partial charge in [-0.2, -0.15) is 0 Å². The number of aliphatic carboxylic acids is 1. The Morgan fingerprint density at radius 3 is 2.30 bits per heavy atom. The van der Waals surface area contributed by atoms with E-state index in [2.05, 4.69) is 5.32 Å². The lowest BCUT2D eigenvalue weighted by Gasteiger charge is -2.12. The van der Waals surface area contributed by atoms with E-state index in [-0.39, 0.29) is 12.2 Å². The zero-order valence-corrected chi connectivity index (χ0v) is 11.4. The maximum Gasteiger partial charge on any atom is 0.326 e. The Morgan fingerprint density at radius 2 is 1.85 bits per heavy atom. The van der Waals surface area contributed by atoms with Gasteiger partial charge in [-0.05, 0) is 31.2 Å². The zero-order valence-electron chi connectivity index (χ0n) is 11.4. The molecule has 1 rings (SSSR count). The highest BCUT2D eigenvalue weighted by Gasteiger charge is 2.22. The summed E-state index contributed by atoms with van der Waals surface area (Å²) < 4.78 is 5.25. The van der Waals surface area contributed by atoms with Gasteiger partial charge in [0.1, 0.15) is 11.8 Å². The van der Waals surface area contributed by atoms with Crippen LogP contribution in [0.25, 0.3) is 0 Å². The number of rotatable bonds is 7. The number of nitrogens with one attached hydrogen (secondary N) is 1. The Balaban J connectivity index is 2.73. The molecule has 20 heavy (non-hydrogen) atoms. The number of Topliss-reactive ketones (excluding diaryl/α,β-unsaturated/α-hetero) is 1. The molecule has 0 fully saturated rings. The second-order valence-electron chi connectivity index (χ2n) is 4.18. The van der Waals surface area contributed by atoms with E-state index < -0.39 is 17.9 Å². The molecule has 2 N–H and O–H groups in total. The van der Waals surface area contributed by atoms with Crippen LogP contribution in [0.15, 0.2) is 24.3 Å². The van der Waals surface area contributed by atoms with Crippen molar-refractivity contribution < 1.29 is 24.2 Å². The molecule has 0 aliphatic heterocycles. The van der Waals surface area contributed by atoms with Gasteiger partial charge in [0.2, 0.25) is 5.91 Å². The van der Waals surface area contributed by atoms with E-state index in [9.17, 15) is 14.4 Å². The number of hydrogen-bond donors (Lipinski definition) is 2. The van der Waals surface area contributed by atoms with Crippen LogP contribution in [-0.2, 0) is 9.59 Å². The number of amides is 1. The summed E-state index contributed by atoms with van der Waals surface area (Å²) in [6, 6.07) is 5.21. The predicted molar refractivity (Wildman–Crippen MR) is 71.8 cm³/mol. The summed E-state index contributed by atoms with van der Waals surface area (Å²) in [6.07, 6.45) is -0.289. The Labute approximate surface area is 116 Å². The lowest BCUT2D eigenvalue weighted by atomic mass is 10.0. The standard InChI is InChI=1S/C14H17NO5/c1-3-20-11-6-4-10(5-7-11)13(17)8-12(14(18)19)15-9(2)16/h4-7,12H,3,8H2,1-2H3,(H,15,16)(H,18,19). The summed E-state index contributed by atoms with van der Waals surface area (Å²) in [5.74, 6) is -1.44. The zero-order chi connectivity index (χ0) is 15.1. The maximum absolute atomic E-state index is 12.0. The van der Waals surface area contributed by atoms with Crippen LogP contribution in [0.5, 0.6) is 5.75 Å². The molecule has 1 aromatic carbocycles. The molecule has 0 heterocycles. The number of carboxylic acids is 1. The Bertz CT molecular complexity index is 495. The molecule has 0 aliphatic carbocycles. The number of benzene rings is 1. The van der Waals surface area contributed by atoms with E-state index in [1.807, 2.05) is 6.92 Å². The molecule has 1 aromatic rings. The van der Waals surface area contributed by atoms with Gasteiger partial charge in [0.15, 0.2) is 5.78 Å². The van der Waals surface area contributed by atoms with Crippen LogP contribution in [0.3, 0.4) is 0 Å². The summed E-state index contributed by atoms with van der Waals surface area (Å²) in [4.78, 5) is 33.8. The Hall–Kier alpha value is -2.37. The molecule has 0 bridgehead atoms. The van der Waals surface area contributed by atoms with E-state index in [1.54, 1.807) is 24.3 Å². The number of hydrogen-bond acceptors (Lipinski definition) is 4. The highest BCUT2D eigenvalue weighted by Crippen LogP contribution is 2.14. The van der Waals surface area contributed by atoms with Gasteiger partial charge < -0.3 is 15.2 Å². The van der Waals surface area contributed by atoms with E-state index in [4.69, 9.17) is 9.84 Å². The molecule has 1 atom stereocenters. The normalized spacial score (nSPS) is 11.5. The van der Waals surface area contributed by atoms with E-state index in [1.165, 1.54) is 6.92 Å². The molecule has 6 nitrogen and oxygen atoms in total. The Morgan fingerprint density at radius 1 is 1.25 bits per heavy atom. The second kappa shape index (κ2) is 7.28. The topological polar surface area (TPSA) is 92.7 Å². The van der Waals surface area contributed by atoms with Crippen molar-refractivity contribution in [3.8, 4) is 5.75 Å². The van der Waals surface area contributed by atoms with Crippen molar-refractivity contribution in [2.75, 3.05) is 6.61 Å². The van der Waals surface area contributed by atoms with Gasteiger partial charge in [0, 0.05) is 18.9 Å². The van der Waals surface area contributed by atoms with E-state index in [0.717, 1.165) is 0 Å². The van der Waals surface area contributed by atoms with Crippen LogP contribution < -0.4 is 10.1 Å². The molecule has 0 saturated carbocycles. The molecule has 0 spiro atoms. The van der Waals surface area contributed by atoms with Gasteiger partial charge in [-0.15, -0.1) is 0 Å². The van der Waals surface area contributed by atoms with Gasteiger partial charge in [0.05, 0.1) is 6.61 Å². The average Bonchev–Trinajstić information content (AvgIpc) is 2.38. The van der Waals surface area contributed by atoms with Crippen LogP contribution in [-0.4, -0.2) is 35.4 Å². The van der Waals surface area contributed by atoms with Gasteiger partial charge >= 0.3 is 5.97 Å². The molecule has 108 valence electrons. The SMILES string of the molecule is CCOc1ccc(C(=O)CC(NC(C)=O)C(=O)O)cc1. The molecular formula is C14H17NO5. The van der Waals surface area contributed by atoms with E-state index >= 15 is 0 Å². The summed E-state index contributed by atoms with van der Waals surface area (Å²) in [5.41, 5.74) is 0.380. The van der Waals surface area contributed by atoms with Crippen molar-refractivity contribution >= 4 is 17.7 Å². The highest BCUT2D eigenvalue weighted by atomic mass is 16.5. The molecule has 6 heteroatoms. The van der Waals surface area contributed by atoms with E-state index in [0.29, 0.717) is 17.9 Å². The fraction of sp³-hybridized carbons (Fsp3) is 0.357. The fourth-order valence-corrected chi connectivity index (χ4v) is 1.65. The molecule has 0 aromatic heterocycles. The first kappa shape index (κ1) is 15.7. The van der Waals surface area contributed by atoms with Crippen molar-refractivity contribution in [3.63, 3.8) is 0 Å². The van der Waals surface area contributed by atoms with Crippen molar-refractivity contribution in [1.29, 1.82) is 0 Å². The van der Waals surface area contributed by atoms with Crippen LogP contribution in [0.2, 0.25) is 0 Å². The number of ether oxygens (including phenoxy) is 1. The summed E-state index contributed by atoms with van der Waals surface area (Å²) in [7, 11) is 0. The largest absolute Gasteiger partial charge is 0.494 e. The van der Waals surface area contributed by atoms with Crippen molar-refractivity contribution in [3.05, 3.63) is 29.8 Å². The van der Waals surface area contributed by atoms with Crippen molar-refractivity contribution in [2.45, 2.75) is 26.3 Å². The average molecular weight is 279 g/mol. The van der Waals surface area contributed by atoms with Gasteiger partial charge in [-0.1, -0.05) is 0 Å². The summed E-state index contributed by atoms with van der Waals surface area (Å²) in [5, 5.41) is 11.2. The second-order valence-corrected chi connectivity index (χ2v) is 4.18.